The van der Waals surface area contributed by atoms with Gasteiger partial charge in [-0.3, -0.25) is 0 Å². The molecule has 0 aliphatic carbocycles. The van der Waals surface area contributed by atoms with Gasteiger partial charge in [0, 0.05) is 12.6 Å². The van der Waals surface area contributed by atoms with Gasteiger partial charge in [0.1, 0.15) is 5.75 Å². The van der Waals surface area contributed by atoms with Crippen LogP contribution in [0.4, 0.5) is 0 Å². The molecule has 2 N–H and O–H groups in total. The van der Waals surface area contributed by atoms with Gasteiger partial charge in [-0.15, -0.1) is 0 Å². The molecule has 1 unspecified atom stereocenters. The van der Waals surface area contributed by atoms with E-state index in [1.54, 1.807) is 12.1 Å². The highest BCUT2D eigenvalue weighted by Gasteiger charge is 2.08. The van der Waals surface area contributed by atoms with Crippen molar-refractivity contribution < 1.29 is 9.84 Å². The lowest BCUT2D eigenvalue weighted by Crippen LogP contribution is -2.35. The molecule has 1 aromatic carbocycles. The molecule has 0 bridgehead atoms. The minimum Gasteiger partial charge on any atom is -0.508 e. The number of aromatic hydroxyl groups is 1. The highest BCUT2D eigenvalue weighted by Crippen LogP contribution is 2.12. The Morgan fingerprint density at radius 2 is 2.19 bits per heavy atom. The summed E-state index contributed by atoms with van der Waals surface area (Å²) in [5, 5.41) is 12.8. The van der Waals surface area contributed by atoms with Crippen molar-refractivity contribution in [1.29, 1.82) is 0 Å². The average molecular weight is 223 g/mol. The predicted molar refractivity (Wildman–Crippen MR) is 65.8 cm³/mol. The normalized spacial score (nSPS) is 12.6. The van der Waals surface area contributed by atoms with Crippen molar-refractivity contribution >= 4 is 0 Å². The van der Waals surface area contributed by atoms with Gasteiger partial charge in [-0.05, 0) is 37.6 Å². The third-order valence-electron chi connectivity index (χ3n) is 2.41. The topological polar surface area (TPSA) is 41.5 Å². The highest BCUT2D eigenvalue weighted by molar-refractivity contribution is 5.27. The van der Waals surface area contributed by atoms with Crippen LogP contribution in [-0.4, -0.2) is 30.9 Å². The molecule has 0 radical (unpaired) electrons. The van der Waals surface area contributed by atoms with Crippen LogP contribution < -0.4 is 5.32 Å². The minimum absolute atomic E-state index is 0.312. The second kappa shape index (κ2) is 7.25. The Morgan fingerprint density at radius 3 is 2.81 bits per heavy atom. The zero-order valence-electron chi connectivity index (χ0n) is 10.1. The first kappa shape index (κ1) is 13.0. The molecule has 1 rings (SSSR count). The Morgan fingerprint density at radius 1 is 1.38 bits per heavy atom. The van der Waals surface area contributed by atoms with Crippen LogP contribution in [0, 0.1) is 0 Å². The molecule has 3 nitrogen and oxygen atoms in total. The van der Waals surface area contributed by atoms with Crippen LogP contribution in [0.3, 0.4) is 0 Å². The molecular weight excluding hydrogens is 202 g/mol. The summed E-state index contributed by atoms with van der Waals surface area (Å²) in [7, 11) is 0. The first-order chi connectivity index (χ1) is 7.76. The van der Waals surface area contributed by atoms with Crippen LogP contribution in [0.2, 0.25) is 0 Å². The van der Waals surface area contributed by atoms with E-state index >= 15 is 0 Å². The van der Waals surface area contributed by atoms with Crippen LogP contribution in [0.15, 0.2) is 24.3 Å². The van der Waals surface area contributed by atoms with Crippen molar-refractivity contribution in [1.82, 2.24) is 5.32 Å². The fourth-order valence-electron chi connectivity index (χ4n) is 1.71. The number of ether oxygens (including phenoxy) is 1. The summed E-state index contributed by atoms with van der Waals surface area (Å²) in [4.78, 5) is 0. The zero-order valence-corrected chi connectivity index (χ0v) is 10.1. The third-order valence-corrected chi connectivity index (χ3v) is 2.41. The molecule has 0 aliphatic rings. The molecule has 16 heavy (non-hydrogen) atoms. The van der Waals surface area contributed by atoms with Crippen LogP contribution in [0.5, 0.6) is 5.75 Å². The van der Waals surface area contributed by atoms with E-state index in [-0.39, 0.29) is 0 Å². The largest absolute Gasteiger partial charge is 0.508 e. The third kappa shape index (κ3) is 4.64. The van der Waals surface area contributed by atoms with Crippen molar-refractivity contribution in [2.24, 2.45) is 0 Å². The second-order valence-electron chi connectivity index (χ2n) is 3.79. The number of hydrogen-bond donors (Lipinski definition) is 2. The van der Waals surface area contributed by atoms with E-state index in [4.69, 9.17) is 4.74 Å². The molecule has 0 spiro atoms. The maximum atomic E-state index is 9.38. The fraction of sp³-hybridized carbons (Fsp3) is 0.538. The van der Waals surface area contributed by atoms with Gasteiger partial charge in [-0.25, -0.2) is 0 Å². The number of phenolic OH excluding ortho intramolecular Hbond substituents is 1. The number of benzene rings is 1. The summed E-state index contributed by atoms with van der Waals surface area (Å²) < 4.78 is 5.43. The van der Waals surface area contributed by atoms with E-state index in [9.17, 15) is 5.11 Å². The quantitative estimate of drug-likeness (QED) is 0.742. The molecule has 0 fully saturated rings. The Hall–Kier alpha value is -1.06. The smallest absolute Gasteiger partial charge is 0.115 e. The van der Waals surface area contributed by atoms with Gasteiger partial charge in [-0.2, -0.15) is 0 Å². The number of rotatable bonds is 7. The predicted octanol–water partition coefficient (Wildman–Crippen LogP) is 1.95. The van der Waals surface area contributed by atoms with E-state index in [0.29, 0.717) is 18.4 Å². The van der Waals surface area contributed by atoms with Crippen molar-refractivity contribution in [3.05, 3.63) is 29.8 Å². The Kier molecular flexibility index (Phi) is 5.90. The molecule has 0 aliphatic heterocycles. The van der Waals surface area contributed by atoms with E-state index in [1.165, 1.54) is 0 Å². The Bertz CT molecular complexity index is 302. The zero-order chi connectivity index (χ0) is 11.8. The minimum atomic E-state index is 0.312. The summed E-state index contributed by atoms with van der Waals surface area (Å²) >= 11 is 0. The van der Waals surface area contributed by atoms with E-state index in [2.05, 4.69) is 12.2 Å². The lowest BCUT2D eigenvalue weighted by atomic mass is 10.1. The fourth-order valence-corrected chi connectivity index (χ4v) is 1.71. The van der Waals surface area contributed by atoms with Crippen molar-refractivity contribution in [3.63, 3.8) is 0 Å². The first-order valence-corrected chi connectivity index (χ1v) is 5.85. The molecule has 0 saturated carbocycles. The first-order valence-electron chi connectivity index (χ1n) is 5.85. The number of likely N-dealkylation sites (N-methyl/N-ethyl adjacent to an activating group) is 1. The van der Waals surface area contributed by atoms with Gasteiger partial charge in [0.05, 0.1) is 6.61 Å². The molecule has 0 aromatic heterocycles. The highest BCUT2D eigenvalue weighted by atomic mass is 16.5. The lowest BCUT2D eigenvalue weighted by Gasteiger charge is -2.17. The van der Waals surface area contributed by atoms with Gasteiger partial charge in [0.15, 0.2) is 0 Å². The molecule has 1 atom stereocenters. The monoisotopic (exact) mass is 223 g/mol. The molecule has 1 aromatic rings. The van der Waals surface area contributed by atoms with Crippen LogP contribution >= 0.6 is 0 Å². The van der Waals surface area contributed by atoms with Crippen LogP contribution in [-0.2, 0) is 11.2 Å². The van der Waals surface area contributed by atoms with E-state index in [0.717, 1.165) is 25.1 Å². The molecule has 0 heterocycles. The Balaban J connectivity index is 2.52. The number of nitrogens with one attached hydrogen (secondary N) is 1. The number of phenols is 1. The van der Waals surface area contributed by atoms with Gasteiger partial charge in [0.2, 0.25) is 0 Å². The second-order valence-corrected chi connectivity index (χ2v) is 3.79. The molecular formula is C13H21NO2. The van der Waals surface area contributed by atoms with Crippen molar-refractivity contribution in [2.45, 2.75) is 26.3 Å². The summed E-state index contributed by atoms with van der Waals surface area (Å²) in [6.45, 7) is 6.46. The number of hydrogen-bond acceptors (Lipinski definition) is 3. The van der Waals surface area contributed by atoms with Crippen molar-refractivity contribution in [3.8, 4) is 5.75 Å². The molecule has 90 valence electrons. The summed E-state index contributed by atoms with van der Waals surface area (Å²) in [6, 6.07) is 7.70. The van der Waals surface area contributed by atoms with E-state index in [1.807, 2.05) is 19.1 Å². The summed E-state index contributed by atoms with van der Waals surface area (Å²) in [5.74, 6) is 0.323. The standard InChI is InChI=1S/C13H21NO2/c1-3-14-12(10-16-4-2)8-11-6-5-7-13(15)9-11/h5-7,9,12,14-15H,3-4,8,10H2,1-2H3. The lowest BCUT2D eigenvalue weighted by molar-refractivity contribution is 0.123. The van der Waals surface area contributed by atoms with Gasteiger partial charge in [0.25, 0.3) is 0 Å². The summed E-state index contributed by atoms with van der Waals surface area (Å²) in [5.41, 5.74) is 1.13. The molecule has 0 amide bonds. The average Bonchev–Trinajstić information content (AvgIpc) is 2.26. The maximum absolute atomic E-state index is 9.38. The molecule has 3 heteroatoms. The van der Waals surface area contributed by atoms with Gasteiger partial charge < -0.3 is 15.2 Å². The van der Waals surface area contributed by atoms with Crippen molar-refractivity contribution in [2.75, 3.05) is 19.8 Å². The van der Waals surface area contributed by atoms with E-state index < -0.39 is 0 Å². The summed E-state index contributed by atoms with van der Waals surface area (Å²) in [6.07, 6.45) is 0.877. The SMILES string of the molecule is CCNC(COCC)Cc1cccc(O)c1. The molecule has 0 saturated heterocycles. The van der Waals surface area contributed by atoms with Gasteiger partial charge in [-0.1, -0.05) is 19.1 Å². The van der Waals surface area contributed by atoms with Gasteiger partial charge >= 0.3 is 0 Å². The van der Waals surface area contributed by atoms with Crippen LogP contribution in [0.25, 0.3) is 0 Å². The maximum Gasteiger partial charge on any atom is 0.115 e. The Labute approximate surface area is 97.4 Å². The van der Waals surface area contributed by atoms with Crippen LogP contribution in [0.1, 0.15) is 19.4 Å².